The zero-order valence-electron chi connectivity index (χ0n) is 22.9. The number of aliphatic hydroxyl groups excluding tert-OH is 3. The van der Waals surface area contributed by atoms with Gasteiger partial charge >= 0.3 is 11.9 Å². The summed E-state index contributed by atoms with van der Waals surface area (Å²) < 4.78 is 36.3. The van der Waals surface area contributed by atoms with Gasteiger partial charge in [0.1, 0.15) is 41.6 Å². The van der Waals surface area contributed by atoms with Crippen LogP contribution in [0.4, 0.5) is 9.18 Å². The summed E-state index contributed by atoms with van der Waals surface area (Å²) in [5.74, 6) is -1.50. The number of amides is 2. The van der Waals surface area contributed by atoms with Crippen molar-refractivity contribution in [1.29, 1.82) is 0 Å². The van der Waals surface area contributed by atoms with Crippen LogP contribution in [0.3, 0.4) is 0 Å². The molecule has 2 fully saturated rings. The summed E-state index contributed by atoms with van der Waals surface area (Å²) in [4.78, 5) is 39.3. The van der Waals surface area contributed by atoms with E-state index < -0.39 is 77.4 Å². The van der Waals surface area contributed by atoms with Crippen molar-refractivity contribution in [1.82, 2.24) is 10.2 Å². The first kappa shape index (κ1) is 32.7. The molecule has 1 aromatic heterocycles. The molecule has 2 aliphatic heterocycles. The lowest BCUT2D eigenvalue weighted by atomic mass is 9.90. The van der Waals surface area contributed by atoms with Gasteiger partial charge in [0.25, 0.3) is 0 Å². The molecule has 0 aliphatic carbocycles. The lowest BCUT2D eigenvalue weighted by molar-refractivity contribution is -0.205. The van der Waals surface area contributed by atoms with Crippen molar-refractivity contribution < 1.29 is 47.6 Å². The topological polar surface area (TPSA) is 172 Å². The number of hydrogen-bond acceptors (Lipinski definition) is 11. The highest BCUT2D eigenvalue weighted by Gasteiger charge is 2.49. The minimum Gasteiger partial charge on any atom is -0.441 e. The normalized spacial score (nSPS) is 32.7. The molecule has 0 aromatic carbocycles. The SMILES string of the molecule is CCCC1(F)CCC(C(=O)NC(C(C)Cl)C2OC(SC)C(O)C(O)C2O)N(C(=O)OCc2oc(=O)oc2C)CC1. The number of ether oxygens (including phenoxy) is 2. The zero-order chi connectivity index (χ0) is 29.8. The summed E-state index contributed by atoms with van der Waals surface area (Å²) in [6.07, 6.45) is -4.15. The van der Waals surface area contributed by atoms with Gasteiger partial charge in [-0.3, -0.25) is 9.69 Å². The second kappa shape index (κ2) is 13.9. The van der Waals surface area contributed by atoms with Gasteiger partial charge in [-0.15, -0.1) is 23.4 Å². The molecule has 0 spiro atoms. The highest BCUT2D eigenvalue weighted by Crippen LogP contribution is 2.35. The molecule has 9 atom stereocenters. The minimum absolute atomic E-state index is 0.00329. The smallest absolute Gasteiger partial charge is 0.441 e. The molecule has 15 heteroatoms. The van der Waals surface area contributed by atoms with Crippen molar-refractivity contribution in [2.45, 2.75) is 112 Å². The summed E-state index contributed by atoms with van der Waals surface area (Å²) in [5.41, 5.74) is -2.49. The van der Waals surface area contributed by atoms with E-state index in [4.69, 9.17) is 29.9 Å². The standard InChI is InChI=1S/C25H38ClFN2O10S/c1-5-7-25(27)8-6-14(29(10-9-25)23(34)36-11-15-13(3)37-24(35)38-15)21(33)28-16(12(2)26)20-18(31)17(30)19(32)22(39-20)40-4/h12,14,16-20,22,30-32H,5-11H2,1-4H3,(H,28,33). The van der Waals surface area contributed by atoms with Crippen LogP contribution in [0.1, 0.15) is 57.5 Å². The van der Waals surface area contributed by atoms with E-state index in [1.54, 1.807) is 13.2 Å². The average Bonchev–Trinajstić information content (AvgIpc) is 3.11. The van der Waals surface area contributed by atoms with Crippen LogP contribution in [0, 0.1) is 6.92 Å². The van der Waals surface area contributed by atoms with Crippen molar-refractivity contribution in [3.05, 3.63) is 22.1 Å². The number of alkyl halides is 2. The van der Waals surface area contributed by atoms with Crippen molar-refractivity contribution in [2.24, 2.45) is 0 Å². The summed E-state index contributed by atoms with van der Waals surface area (Å²) in [6, 6.07) is -2.21. The predicted molar refractivity (Wildman–Crippen MR) is 143 cm³/mol. The Morgan fingerprint density at radius 2 is 1.95 bits per heavy atom. The summed E-state index contributed by atoms with van der Waals surface area (Å²) >= 11 is 7.50. The number of carbonyl (C=O) groups is 2. The van der Waals surface area contributed by atoms with Gasteiger partial charge in [0.05, 0.1) is 11.4 Å². The molecule has 2 amide bonds. The monoisotopic (exact) mass is 612 g/mol. The third-order valence-electron chi connectivity index (χ3n) is 7.44. The summed E-state index contributed by atoms with van der Waals surface area (Å²) in [5, 5.41) is 33.1. The fourth-order valence-corrected chi connectivity index (χ4v) is 6.03. The quantitative estimate of drug-likeness (QED) is 0.300. The van der Waals surface area contributed by atoms with E-state index in [0.717, 1.165) is 16.7 Å². The van der Waals surface area contributed by atoms with Gasteiger partial charge in [0.2, 0.25) is 5.91 Å². The van der Waals surface area contributed by atoms with Crippen LogP contribution in [0.2, 0.25) is 0 Å². The lowest BCUT2D eigenvalue weighted by Gasteiger charge is -2.44. The molecule has 1 aromatic rings. The highest BCUT2D eigenvalue weighted by atomic mass is 35.5. The van der Waals surface area contributed by atoms with Crippen molar-refractivity contribution in [3.8, 4) is 0 Å². The van der Waals surface area contributed by atoms with Crippen LogP contribution in [0.5, 0.6) is 0 Å². The third kappa shape index (κ3) is 7.51. The molecular weight excluding hydrogens is 575 g/mol. The van der Waals surface area contributed by atoms with Gasteiger partial charge in [0.15, 0.2) is 18.1 Å². The number of nitrogens with zero attached hydrogens (tertiary/aromatic N) is 1. The number of aliphatic hydroxyl groups is 3. The van der Waals surface area contributed by atoms with Gasteiger partial charge in [-0.05, 0) is 45.8 Å². The Morgan fingerprint density at radius 1 is 1.25 bits per heavy atom. The molecule has 12 nitrogen and oxygen atoms in total. The van der Waals surface area contributed by atoms with E-state index in [2.05, 4.69) is 5.32 Å². The fourth-order valence-electron chi connectivity index (χ4n) is 5.14. The van der Waals surface area contributed by atoms with E-state index in [-0.39, 0.29) is 43.7 Å². The van der Waals surface area contributed by atoms with Crippen LogP contribution in [-0.2, 0) is 20.9 Å². The molecular formula is C25H38ClFN2O10S. The second-order valence-corrected chi connectivity index (χ2v) is 11.9. The third-order valence-corrected chi connectivity index (χ3v) is 8.56. The number of thioether (sulfide) groups is 1. The molecule has 40 heavy (non-hydrogen) atoms. The van der Waals surface area contributed by atoms with Crippen LogP contribution < -0.4 is 11.1 Å². The molecule has 0 radical (unpaired) electrons. The zero-order valence-corrected chi connectivity index (χ0v) is 24.5. The van der Waals surface area contributed by atoms with Gasteiger partial charge in [-0.25, -0.2) is 14.0 Å². The second-order valence-electron chi connectivity index (χ2n) is 10.3. The number of rotatable bonds is 9. The Morgan fingerprint density at radius 3 is 2.52 bits per heavy atom. The van der Waals surface area contributed by atoms with Gasteiger partial charge < -0.3 is 38.9 Å². The van der Waals surface area contributed by atoms with Crippen LogP contribution >= 0.6 is 23.4 Å². The Balaban J connectivity index is 1.82. The van der Waals surface area contributed by atoms with Gasteiger partial charge in [-0.2, -0.15) is 0 Å². The first-order valence-electron chi connectivity index (χ1n) is 13.2. The lowest BCUT2D eigenvalue weighted by Crippen LogP contribution is -2.65. The number of likely N-dealkylation sites (tertiary alicyclic amines) is 1. The largest absolute Gasteiger partial charge is 0.519 e. The molecule has 0 bridgehead atoms. The number of carbonyl (C=O) groups excluding carboxylic acids is 2. The Hall–Kier alpha value is -1.84. The van der Waals surface area contributed by atoms with Crippen molar-refractivity contribution in [2.75, 3.05) is 12.8 Å². The molecule has 3 heterocycles. The highest BCUT2D eigenvalue weighted by molar-refractivity contribution is 7.99. The van der Waals surface area contributed by atoms with Gasteiger partial charge in [0, 0.05) is 6.54 Å². The number of aryl methyl sites for hydroxylation is 1. The maximum atomic E-state index is 15.6. The molecule has 228 valence electrons. The Bertz CT molecular complexity index is 1070. The van der Waals surface area contributed by atoms with Crippen LogP contribution in [-0.4, -0.2) is 98.0 Å². The van der Waals surface area contributed by atoms with Crippen LogP contribution in [0.15, 0.2) is 13.6 Å². The molecule has 3 rings (SSSR count). The van der Waals surface area contributed by atoms with Crippen molar-refractivity contribution >= 4 is 35.4 Å². The fraction of sp³-hybridized carbons (Fsp3) is 0.800. The van der Waals surface area contributed by atoms with E-state index in [0.29, 0.717) is 6.42 Å². The number of halogens is 2. The predicted octanol–water partition coefficient (Wildman–Crippen LogP) is 1.82. The maximum absolute atomic E-state index is 15.6. The van der Waals surface area contributed by atoms with E-state index in [1.165, 1.54) is 6.92 Å². The summed E-state index contributed by atoms with van der Waals surface area (Å²) in [7, 11) is 0. The number of nitrogens with one attached hydrogen (secondary N) is 1. The number of hydrogen-bond donors (Lipinski definition) is 4. The molecule has 9 unspecified atom stereocenters. The average molecular weight is 613 g/mol. The minimum atomic E-state index is -1.59. The first-order chi connectivity index (χ1) is 18.8. The molecule has 0 saturated carbocycles. The molecule has 2 saturated heterocycles. The summed E-state index contributed by atoms with van der Waals surface area (Å²) in [6.45, 7) is 4.31. The maximum Gasteiger partial charge on any atom is 0.519 e. The molecule has 4 N–H and O–H groups in total. The Kier molecular flexibility index (Phi) is 11.3. The first-order valence-corrected chi connectivity index (χ1v) is 14.9. The van der Waals surface area contributed by atoms with E-state index in [1.807, 2.05) is 6.92 Å². The Labute approximate surface area is 240 Å². The van der Waals surface area contributed by atoms with Crippen molar-refractivity contribution in [3.63, 3.8) is 0 Å². The van der Waals surface area contributed by atoms with Gasteiger partial charge in [-0.1, -0.05) is 13.3 Å². The van der Waals surface area contributed by atoms with E-state index >= 15 is 4.39 Å². The molecule has 2 aliphatic rings. The van der Waals surface area contributed by atoms with E-state index in [9.17, 15) is 29.7 Å². The van der Waals surface area contributed by atoms with Crippen LogP contribution in [0.25, 0.3) is 0 Å².